The highest BCUT2D eigenvalue weighted by atomic mass is 16.5. The summed E-state index contributed by atoms with van der Waals surface area (Å²) in [5.41, 5.74) is 2.98. The number of carbonyl (C=O) groups is 1. The van der Waals surface area contributed by atoms with Gasteiger partial charge in [0.05, 0.1) is 5.69 Å². The third-order valence-corrected chi connectivity index (χ3v) is 4.42. The smallest absolute Gasteiger partial charge is 0.220 e. The molecule has 0 bridgehead atoms. The predicted molar refractivity (Wildman–Crippen MR) is 92.7 cm³/mol. The fourth-order valence-electron chi connectivity index (χ4n) is 3.00. The number of ether oxygens (including phenoxy) is 1. The molecule has 0 aromatic carbocycles. The zero-order valence-electron chi connectivity index (χ0n) is 14.9. The van der Waals surface area contributed by atoms with E-state index in [2.05, 4.69) is 20.4 Å². The molecular formula is C18H25N5O2. The van der Waals surface area contributed by atoms with Crippen LogP contribution in [0.25, 0.3) is 0 Å². The number of amides is 1. The molecule has 25 heavy (non-hydrogen) atoms. The molecule has 7 nitrogen and oxygen atoms in total. The van der Waals surface area contributed by atoms with E-state index in [1.54, 1.807) is 17.1 Å². The zero-order valence-corrected chi connectivity index (χ0v) is 14.9. The van der Waals surface area contributed by atoms with Crippen molar-refractivity contribution in [3.05, 3.63) is 41.2 Å². The van der Waals surface area contributed by atoms with Gasteiger partial charge in [-0.3, -0.25) is 9.48 Å². The van der Waals surface area contributed by atoms with E-state index >= 15 is 0 Å². The van der Waals surface area contributed by atoms with Crippen molar-refractivity contribution in [2.24, 2.45) is 7.05 Å². The minimum atomic E-state index is 0.0140. The summed E-state index contributed by atoms with van der Waals surface area (Å²) in [6.07, 6.45) is 9.90. The van der Waals surface area contributed by atoms with Crippen LogP contribution in [0.4, 0.5) is 0 Å². The Kier molecular flexibility index (Phi) is 5.75. The van der Waals surface area contributed by atoms with Crippen molar-refractivity contribution in [1.29, 1.82) is 0 Å². The second kappa shape index (κ2) is 8.20. The Bertz CT molecular complexity index is 705. The van der Waals surface area contributed by atoms with E-state index in [0.29, 0.717) is 19.4 Å². The Morgan fingerprint density at radius 2 is 2.16 bits per heavy atom. The van der Waals surface area contributed by atoms with Gasteiger partial charge in [0.25, 0.3) is 0 Å². The van der Waals surface area contributed by atoms with E-state index in [-0.39, 0.29) is 12.0 Å². The first-order valence-corrected chi connectivity index (χ1v) is 8.80. The van der Waals surface area contributed by atoms with Gasteiger partial charge in [-0.05, 0) is 38.2 Å². The summed E-state index contributed by atoms with van der Waals surface area (Å²) in [6.45, 7) is 3.18. The molecule has 3 rings (SSSR count). The number of hydrogen-bond donors (Lipinski definition) is 1. The van der Waals surface area contributed by atoms with Gasteiger partial charge in [-0.15, -0.1) is 0 Å². The number of rotatable bonds is 6. The van der Waals surface area contributed by atoms with Crippen molar-refractivity contribution in [2.75, 3.05) is 6.61 Å². The highest BCUT2D eigenvalue weighted by Gasteiger charge is 2.18. The van der Waals surface area contributed by atoms with Crippen LogP contribution in [-0.4, -0.2) is 32.3 Å². The molecule has 1 N–H and O–H groups in total. The van der Waals surface area contributed by atoms with Gasteiger partial charge in [-0.25, -0.2) is 9.97 Å². The van der Waals surface area contributed by atoms with Gasteiger partial charge in [0.2, 0.25) is 5.91 Å². The highest BCUT2D eigenvalue weighted by molar-refractivity contribution is 5.76. The Hall–Kier alpha value is -2.28. The average molecular weight is 343 g/mol. The van der Waals surface area contributed by atoms with Crippen LogP contribution in [0.1, 0.15) is 54.4 Å². The minimum absolute atomic E-state index is 0.0140. The van der Waals surface area contributed by atoms with Gasteiger partial charge in [0, 0.05) is 50.8 Å². The van der Waals surface area contributed by atoms with Crippen LogP contribution < -0.4 is 5.32 Å². The van der Waals surface area contributed by atoms with Crippen molar-refractivity contribution in [3.8, 4) is 0 Å². The lowest BCUT2D eigenvalue weighted by atomic mass is 10.1. The minimum Gasteiger partial charge on any atom is -0.370 e. The van der Waals surface area contributed by atoms with Gasteiger partial charge >= 0.3 is 0 Å². The molecule has 134 valence electrons. The first-order chi connectivity index (χ1) is 12.1. The van der Waals surface area contributed by atoms with Crippen molar-refractivity contribution >= 4 is 5.91 Å². The molecule has 2 aromatic rings. The van der Waals surface area contributed by atoms with Crippen molar-refractivity contribution in [2.45, 2.75) is 51.7 Å². The monoisotopic (exact) mass is 343 g/mol. The summed E-state index contributed by atoms with van der Waals surface area (Å²) >= 11 is 0. The lowest BCUT2D eigenvalue weighted by Gasteiger charge is -2.21. The van der Waals surface area contributed by atoms with Gasteiger partial charge in [-0.1, -0.05) is 0 Å². The maximum atomic E-state index is 12.0. The van der Waals surface area contributed by atoms with E-state index in [1.807, 2.05) is 20.2 Å². The first-order valence-electron chi connectivity index (χ1n) is 8.80. The molecule has 0 aliphatic carbocycles. The van der Waals surface area contributed by atoms with E-state index in [9.17, 15) is 4.79 Å². The number of carbonyl (C=O) groups excluding carboxylic acids is 1. The quantitative estimate of drug-likeness (QED) is 0.867. The molecular weight excluding hydrogens is 318 g/mol. The Balaban J connectivity index is 1.44. The molecule has 0 unspecified atom stereocenters. The van der Waals surface area contributed by atoms with E-state index in [4.69, 9.17) is 4.74 Å². The average Bonchev–Trinajstić information content (AvgIpc) is 2.96. The fraction of sp³-hybridized carbons (Fsp3) is 0.556. The Labute approximate surface area is 147 Å². The normalized spacial score (nSPS) is 17.4. The largest absolute Gasteiger partial charge is 0.370 e. The lowest BCUT2D eigenvalue weighted by Crippen LogP contribution is -2.23. The Morgan fingerprint density at radius 3 is 2.80 bits per heavy atom. The number of aryl methyl sites for hydroxylation is 3. The number of nitrogens with one attached hydrogen (secondary N) is 1. The molecule has 1 atom stereocenters. The van der Waals surface area contributed by atoms with Gasteiger partial charge in [0.15, 0.2) is 5.82 Å². The highest BCUT2D eigenvalue weighted by Crippen LogP contribution is 2.24. The topological polar surface area (TPSA) is 81.9 Å². The molecule has 1 saturated heterocycles. The van der Waals surface area contributed by atoms with E-state index < -0.39 is 0 Å². The van der Waals surface area contributed by atoms with Gasteiger partial charge in [-0.2, -0.15) is 5.10 Å². The van der Waals surface area contributed by atoms with Crippen LogP contribution >= 0.6 is 0 Å². The number of nitrogens with zero attached hydrogens (tertiary/aromatic N) is 4. The molecule has 2 aromatic heterocycles. The van der Waals surface area contributed by atoms with Crippen LogP contribution in [0.2, 0.25) is 0 Å². The fourth-order valence-corrected chi connectivity index (χ4v) is 3.00. The van der Waals surface area contributed by atoms with Crippen molar-refractivity contribution in [3.63, 3.8) is 0 Å². The van der Waals surface area contributed by atoms with Crippen LogP contribution in [-0.2, 0) is 29.5 Å². The summed E-state index contributed by atoms with van der Waals surface area (Å²) in [5.74, 6) is 0.754. The molecule has 0 spiro atoms. The first kappa shape index (κ1) is 17.5. The summed E-state index contributed by atoms with van der Waals surface area (Å²) in [6, 6.07) is 0. The lowest BCUT2D eigenvalue weighted by molar-refractivity contribution is -0.121. The van der Waals surface area contributed by atoms with Crippen molar-refractivity contribution in [1.82, 2.24) is 25.1 Å². The van der Waals surface area contributed by atoms with Crippen LogP contribution in [0, 0.1) is 6.92 Å². The molecule has 3 heterocycles. The maximum absolute atomic E-state index is 12.0. The molecule has 1 aliphatic heterocycles. The van der Waals surface area contributed by atoms with E-state index in [1.165, 1.54) is 0 Å². The summed E-state index contributed by atoms with van der Waals surface area (Å²) in [7, 11) is 1.89. The summed E-state index contributed by atoms with van der Waals surface area (Å²) < 4.78 is 7.46. The van der Waals surface area contributed by atoms with Crippen LogP contribution in [0.15, 0.2) is 18.6 Å². The summed E-state index contributed by atoms with van der Waals surface area (Å²) in [4.78, 5) is 20.8. The molecule has 1 fully saturated rings. The third kappa shape index (κ3) is 4.85. The predicted octanol–water partition coefficient (Wildman–Crippen LogP) is 2.01. The van der Waals surface area contributed by atoms with Gasteiger partial charge < -0.3 is 10.1 Å². The maximum Gasteiger partial charge on any atom is 0.220 e. The third-order valence-electron chi connectivity index (χ3n) is 4.42. The molecule has 0 saturated carbocycles. The SMILES string of the molecule is Cc1nn(C)cc1CCC(=O)NCc1cnc([C@H]2CCCCO2)nc1. The molecule has 1 amide bonds. The van der Waals surface area contributed by atoms with Crippen LogP contribution in [0.3, 0.4) is 0 Å². The molecule has 0 radical (unpaired) electrons. The van der Waals surface area contributed by atoms with Gasteiger partial charge in [0.1, 0.15) is 6.10 Å². The van der Waals surface area contributed by atoms with E-state index in [0.717, 1.165) is 48.5 Å². The zero-order chi connectivity index (χ0) is 17.6. The van der Waals surface area contributed by atoms with Crippen LogP contribution in [0.5, 0.6) is 0 Å². The standard InChI is InChI=1S/C18H25N5O2/c1-13-15(12-23(2)22-13)6-7-17(24)19-9-14-10-20-18(21-11-14)16-5-3-4-8-25-16/h10-12,16H,3-9H2,1-2H3,(H,19,24)/t16-/m1/s1. The summed E-state index contributed by atoms with van der Waals surface area (Å²) in [5, 5.41) is 7.20. The van der Waals surface area contributed by atoms with Crippen molar-refractivity contribution < 1.29 is 9.53 Å². The number of aromatic nitrogens is 4. The number of hydrogen-bond acceptors (Lipinski definition) is 5. The molecule has 7 heteroatoms. The molecule has 1 aliphatic rings. The second-order valence-electron chi connectivity index (χ2n) is 6.49. The second-order valence-corrected chi connectivity index (χ2v) is 6.49. The Morgan fingerprint density at radius 1 is 1.36 bits per heavy atom.